The van der Waals surface area contributed by atoms with E-state index in [1.807, 2.05) is 24.3 Å². The van der Waals surface area contributed by atoms with Crippen molar-refractivity contribution in [3.05, 3.63) is 53.5 Å². The Hall–Kier alpha value is -2.91. The van der Waals surface area contributed by atoms with Gasteiger partial charge in [-0.15, -0.1) is 0 Å². The van der Waals surface area contributed by atoms with Gasteiger partial charge in [0.25, 0.3) is 0 Å². The number of nitrogens with zero attached hydrogens (tertiary/aromatic N) is 1. The van der Waals surface area contributed by atoms with Crippen molar-refractivity contribution in [2.75, 3.05) is 7.05 Å². The molecular formula is C19H21N3O5S. The number of rotatable bonds is 6. The van der Waals surface area contributed by atoms with Crippen molar-refractivity contribution in [1.29, 1.82) is 0 Å². The first-order chi connectivity index (χ1) is 13.2. The Kier molecular flexibility index (Phi) is 5.14. The Morgan fingerprint density at radius 3 is 2.61 bits per heavy atom. The third-order valence-electron chi connectivity index (χ3n) is 4.56. The number of ether oxygens (including phenoxy) is 1. The minimum absolute atomic E-state index is 0.0316. The quantitative estimate of drug-likeness (QED) is 0.484. The number of Topliss-reactive ketones (excluding diaryl/α,β-unsaturated/α-hetero) is 1. The number of H-pyrrole nitrogens is 1. The molecule has 3 rings (SSSR count). The van der Waals surface area contributed by atoms with E-state index in [1.165, 1.54) is 37.8 Å². The summed E-state index contributed by atoms with van der Waals surface area (Å²) < 4.78 is 32.7. The van der Waals surface area contributed by atoms with E-state index >= 15 is 0 Å². The number of hydrogen-bond acceptors (Lipinski definition) is 5. The fourth-order valence-electron chi connectivity index (χ4n) is 3.07. The molecule has 2 aromatic heterocycles. The van der Waals surface area contributed by atoms with Crippen LogP contribution >= 0.6 is 0 Å². The molecule has 2 N–H and O–H groups in total. The van der Waals surface area contributed by atoms with Gasteiger partial charge in [-0.3, -0.25) is 4.79 Å². The number of fused-ring (bicyclic) bond motifs is 1. The maximum atomic E-state index is 12.9. The molecule has 1 atom stereocenters. The lowest BCUT2D eigenvalue weighted by Gasteiger charge is -2.13. The number of carbonyl (C=O) groups is 2. The zero-order chi connectivity index (χ0) is 20.6. The Morgan fingerprint density at radius 1 is 1.25 bits per heavy atom. The molecular weight excluding hydrogens is 382 g/mol. The van der Waals surface area contributed by atoms with Gasteiger partial charge in [0.15, 0.2) is 6.10 Å². The average Bonchev–Trinajstić information content (AvgIpc) is 3.20. The highest BCUT2D eigenvalue weighted by atomic mass is 32.2. The largest absolute Gasteiger partial charge is 0.450 e. The number of hydrogen-bond donors (Lipinski definition) is 2. The molecule has 0 radical (unpaired) electrons. The number of para-hydroxylation sites is 1. The van der Waals surface area contributed by atoms with Crippen LogP contribution in [0.5, 0.6) is 0 Å². The maximum Gasteiger partial charge on any atom is 0.355 e. The monoisotopic (exact) mass is 403 g/mol. The van der Waals surface area contributed by atoms with Gasteiger partial charge in [-0.05, 0) is 33.0 Å². The van der Waals surface area contributed by atoms with E-state index in [-0.39, 0.29) is 16.4 Å². The molecule has 0 fully saturated rings. The molecule has 3 aromatic rings. The van der Waals surface area contributed by atoms with Crippen LogP contribution in [0.1, 0.15) is 33.5 Å². The highest BCUT2D eigenvalue weighted by molar-refractivity contribution is 7.89. The third-order valence-corrected chi connectivity index (χ3v) is 5.94. The lowest BCUT2D eigenvalue weighted by atomic mass is 10.0. The first-order valence-corrected chi connectivity index (χ1v) is 10.1. The second kappa shape index (κ2) is 7.25. The van der Waals surface area contributed by atoms with E-state index in [0.717, 1.165) is 10.9 Å². The topological polar surface area (TPSA) is 110 Å². The van der Waals surface area contributed by atoms with Crippen LogP contribution in [0.15, 0.2) is 41.4 Å². The van der Waals surface area contributed by atoms with Crippen LogP contribution in [-0.4, -0.2) is 42.9 Å². The van der Waals surface area contributed by atoms with Gasteiger partial charge in [-0.1, -0.05) is 18.2 Å². The first kappa shape index (κ1) is 19.8. The molecule has 1 aromatic carbocycles. The van der Waals surface area contributed by atoms with Crippen LogP contribution < -0.4 is 4.72 Å². The summed E-state index contributed by atoms with van der Waals surface area (Å²) in [6, 6.07) is 8.59. The van der Waals surface area contributed by atoms with Crippen LogP contribution in [0.2, 0.25) is 0 Å². The summed E-state index contributed by atoms with van der Waals surface area (Å²) in [5.74, 6) is -1.11. The summed E-state index contributed by atoms with van der Waals surface area (Å²) in [5.41, 5.74) is 2.02. The summed E-state index contributed by atoms with van der Waals surface area (Å²) in [6.45, 7) is 3.28. The molecule has 8 nitrogen and oxygen atoms in total. The fraction of sp³-hybridized carbons (Fsp3) is 0.263. The van der Waals surface area contributed by atoms with Gasteiger partial charge in [-0.25, -0.2) is 17.9 Å². The molecule has 0 aliphatic heterocycles. The summed E-state index contributed by atoms with van der Waals surface area (Å²) in [4.78, 5) is 28.5. The Labute approximate surface area is 162 Å². The summed E-state index contributed by atoms with van der Waals surface area (Å²) in [5, 5.41) is 0.758. The molecule has 0 bridgehead atoms. The lowest BCUT2D eigenvalue weighted by Crippen LogP contribution is -2.25. The normalized spacial score (nSPS) is 12.9. The SMILES string of the molecule is CNS(=O)(=O)c1cc(C(=O)O[C@@H](C)C(=O)c2c(C)[nH]c3ccccc23)n(C)c1. The summed E-state index contributed by atoms with van der Waals surface area (Å²) in [6.07, 6.45) is 0.267. The predicted molar refractivity (Wildman–Crippen MR) is 104 cm³/mol. The number of carbonyl (C=O) groups excluding carboxylic acids is 2. The molecule has 9 heteroatoms. The highest BCUT2D eigenvalue weighted by Crippen LogP contribution is 2.24. The van der Waals surface area contributed by atoms with E-state index < -0.39 is 22.1 Å². The van der Waals surface area contributed by atoms with E-state index in [0.29, 0.717) is 11.3 Å². The smallest absolute Gasteiger partial charge is 0.355 e. The third kappa shape index (κ3) is 3.46. The number of aromatic nitrogens is 2. The van der Waals surface area contributed by atoms with Gasteiger partial charge in [0.05, 0.1) is 0 Å². The second-order valence-corrected chi connectivity index (χ2v) is 8.35. The van der Waals surface area contributed by atoms with Gasteiger partial charge < -0.3 is 14.3 Å². The van der Waals surface area contributed by atoms with Crippen molar-refractivity contribution in [2.24, 2.45) is 7.05 Å². The Morgan fingerprint density at radius 2 is 1.93 bits per heavy atom. The van der Waals surface area contributed by atoms with Crippen molar-refractivity contribution in [3.63, 3.8) is 0 Å². The molecule has 0 spiro atoms. The molecule has 2 heterocycles. The number of ketones is 1. The number of benzene rings is 1. The van der Waals surface area contributed by atoms with Crippen molar-refractivity contribution in [1.82, 2.24) is 14.3 Å². The number of sulfonamides is 1. The second-order valence-electron chi connectivity index (χ2n) is 6.46. The van der Waals surface area contributed by atoms with Gasteiger partial charge in [-0.2, -0.15) is 0 Å². The van der Waals surface area contributed by atoms with E-state index in [9.17, 15) is 18.0 Å². The van der Waals surface area contributed by atoms with Crippen LogP contribution in [0.4, 0.5) is 0 Å². The Balaban J connectivity index is 1.85. The number of aryl methyl sites for hydroxylation is 2. The summed E-state index contributed by atoms with van der Waals surface area (Å²) in [7, 11) is -0.882. The molecule has 0 amide bonds. The standard InChI is InChI=1S/C19H21N3O5S/c1-11-17(14-7-5-6-8-15(14)21-11)18(23)12(2)27-19(24)16-9-13(10-22(16)4)28(25,26)20-3/h5-10,12,20-21H,1-4H3/t12-/m0/s1. The number of aromatic amines is 1. The van der Waals surface area contributed by atoms with Crippen molar-refractivity contribution in [3.8, 4) is 0 Å². The van der Waals surface area contributed by atoms with Crippen LogP contribution in [-0.2, 0) is 21.8 Å². The number of esters is 1. The summed E-state index contributed by atoms with van der Waals surface area (Å²) >= 11 is 0. The lowest BCUT2D eigenvalue weighted by molar-refractivity contribution is 0.0310. The molecule has 0 aliphatic rings. The zero-order valence-corrected chi connectivity index (χ0v) is 16.8. The predicted octanol–water partition coefficient (Wildman–Crippen LogP) is 2.15. The van der Waals surface area contributed by atoms with E-state index in [2.05, 4.69) is 9.71 Å². The molecule has 148 valence electrons. The van der Waals surface area contributed by atoms with Crippen molar-refractivity contribution >= 4 is 32.7 Å². The van der Waals surface area contributed by atoms with E-state index in [4.69, 9.17) is 4.74 Å². The Bertz CT molecular complexity index is 1170. The molecule has 0 unspecified atom stereocenters. The van der Waals surface area contributed by atoms with Crippen molar-refractivity contribution in [2.45, 2.75) is 24.8 Å². The van der Waals surface area contributed by atoms with Gasteiger partial charge in [0.1, 0.15) is 10.6 Å². The maximum absolute atomic E-state index is 12.9. The number of nitrogens with one attached hydrogen (secondary N) is 2. The highest BCUT2D eigenvalue weighted by Gasteiger charge is 2.27. The average molecular weight is 403 g/mol. The molecule has 0 saturated heterocycles. The van der Waals surface area contributed by atoms with Crippen molar-refractivity contribution < 1.29 is 22.7 Å². The van der Waals surface area contributed by atoms with Crippen LogP contribution in [0, 0.1) is 6.92 Å². The zero-order valence-electron chi connectivity index (χ0n) is 15.9. The molecule has 0 aliphatic carbocycles. The minimum atomic E-state index is -3.69. The van der Waals surface area contributed by atoms with Gasteiger partial charge in [0, 0.05) is 35.4 Å². The minimum Gasteiger partial charge on any atom is -0.450 e. The van der Waals surface area contributed by atoms with Gasteiger partial charge >= 0.3 is 5.97 Å². The van der Waals surface area contributed by atoms with Crippen LogP contribution in [0.3, 0.4) is 0 Å². The van der Waals surface area contributed by atoms with Gasteiger partial charge in [0.2, 0.25) is 15.8 Å². The molecule has 28 heavy (non-hydrogen) atoms. The molecule has 0 saturated carbocycles. The fourth-order valence-corrected chi connectivity index (χ4v) is 3.87. The first-order valence-electron chi connectivity index (χ1n) is 8.58. The van der Waals surface area contributed by atoms with E-state index in [1.54, 1.807) is 6.92 Å². The van der Waals surface area contributed by atoms with Crippen LogP contribution in [0.25, 0.3) is 10.9 Å².